The first-order chi connectivity index (χ1) is 14.3. The van der Waals surface area contributed by atoms with E-state index in [1.54, 1.807) is 58.4 Å². The van der Waals surface area contributed by atoms with Gasteiger partial charge in [0.05, 0.1) is 17.1 Å². The molecule has 12 heteroatoms. The third-order valence-corrected chi connectivity index (χ3v) is 3.79. The minimum atomic E-state index is -0.520. The zero-order valence-corrected chi connectivity index (χ0v) is 20.4. The number of nitrogens with zero attached hydrogens (tertiary/aromatic N) is 6. The molecule has 3 aromatic rings. The Kier molecular flexibility index (Phi) is 14.8. The molecule has 2 aromatic heterocycles. The van der Waals surface area contributed by atoms with Gasteiger partial charge in [-0.05, 0) is 32.0 Å². The Morgan fingerprint density at radius 2 is 1.70 bits per heavy atom. The first-order valence-electron chi connectivity index (χ1n) is 8.99. The quantitative estimate of drug-likeness (QED) is 0.153. The number of aryl methyl sites for hydroxylation is 1. The molecule has 0 aliphatic carbocycles. The van der Waals surface area contributed by atoms with Gasteiger partial charge in [-0.25, -0.2) is 4.68 Å². The second kappa shape index (κ2) is 15.4. The van der Waals surface area contributed by atoms with Crippen LogP contribution in [0, 0.1) is 6.92 Å². The molecule has 0 saturated carbocycles. The topological polar surface area (TPSA) is 179 Å². The zero-order valence-electron chi connectivity index (χ0n) is 18.4. The van der Waals surface area contributed by atoms with E-state index in [-0.39, 0.29) is 37.9 Å². The van der Waals surface area contributed by atoms with Gasteiger partial charge in [0.1, 0.15) is 0 Å². The molecule has 11 nitrogen and oxygen atoms in total. The van der Waals surface area contributed by atoms with Crippen LogP contribution in [0.25, 0.3) is 5.69 Å². The van der Waals surface area contributed by atoms with Crippen LogP contribution in [0.15, 0.2) is 65.1 Å². The summed E-state index contributed by atoms with van der Waals surface area (Å²) in [7, 11) is 3.38. The Bertz CT molecular complexity index is 1040. The Labute approximate surface area is 206 Å². The Hall–Kier alpha value is -3.40. The number of hydrogen-bond acceptors (Lipinski definition) is 7. The molecule has 0 saturated heterocycles. The van der Waals surface area contributed by atoms with Crippen molar-refractivity contribution in [2.45, 2.75) is 13.8 Å². The summed E-state index contributed by atoms with van der Waals surface area (Å²) >= 11 is 0. The van der Waals surface area contributed by atoms with Gasteiger partial charge in [-0.1, -0.05) is 24.3 Å². The van der Waals surface area contributed by atoms with Gasteiger partial charge in [0.15, 0.2) is 0 Å². The maximum atomic E-state index is 12.6. The molecule has 0 unspecified atom stereocenters. The van der Waals surface area contributed by atoms with E-state index < -0.39 is 5.90 Å². The van der Waals surface area contributed by atoms with Crippen LogP contribution < -0.4 is 10.2 Å². The number of carbonyl (C=O) groups excluding carboxylic acids is 1. The van der Waals surface area contributed by atoms with E-state index in [2.05, 4.69) is 20.3 Å². The van der Waals surface area contributed by atoms with Crippen molar-refractivity contribution in [2.75, 3.05) is 14.1 Å². The molecule has 0 aliphatic heterocycles. The maximum absolute atomic E-state index is 12.6. The van der Waals surface area contributed by atoms with Crippen molar-refractivity contribution in [3.8, 4) is 11.6 Å². The number of pyridine rings is 1. The number of rotatable bonds is 5. The summed E-state index contributed by atoms with van der Waals surface area (Å²) in [4.78, 5) is 14.7. The molecule has 1 amide bonds. The van der Waals surface area contributed by atoms with Crippen LogP contribution in [0.3, 0.4) is 0 Å². The molecule has 1 aromatic carbocycles. The number of para-hydroxylation sites is 1. The zero-order chi connectivity index (χ0) is 22.1. The number of amides is 1. The van der Waals surface area contributed by atoms with Crippen LogP contribution in [0.5, 0.6) is 5.88 Å². The Balaban J connectivity index is 0. The summed E-state index contributed by atoms with van der Waals surface area (Å²) in [6, 6.07) is 12.3. The van der Waals surface area contributed by atoms with Gasteiger partial charge in [-0.2, -0.15) is 15.3 Å². The minimum Gasteiger partial charge on any atom is -2.00 e. The summed E-state index contributed by atoms with van der Waals surface area (Å²) in [5.74, 6) is -0.818. The fourth-order valence-electron chi connectivity index (χ4n) is 2.38. The van der Waals surface area contributed by atoms with Crippen molar-refractivity contribution < 1.29 is 47.0 Å². The molecular formula is C21H22MoN6O5-6. The largest absolute Gasteiger partial charge is 2.00 e. The maximum Gasteiger partial charge on any atom is 0.209 e. The fourth-order valence-corrected chi connectivity index (χ4v) is 2.38. The number of carbonyl (C=O) groups is 1. The van der Waals surface area contributed by atoms with Crippen molar-refractivity contribution in [1.29, 1.82) is 0 Å². The predicted octanol–water partition coefficient (Wildman–Crippen LogP) is 0.645. The molecular weight excluding hydrogens is 512 g/mol. The van der Waals surface area contributed by atoms with Crippen LogP contribution in [0.2, 0.25) is 0 Å². The van der Waals surface area contributed by atoms with Gasteiger partial charge in [0.25, 0.3) is 0 Å². The second-order valence-corrected chi connectivity index (χ2v) is 6.41. The van der Waals surface area contributed by atoms with Gasteiger partial charge in [-0.15, -0.1) is 0 Å². The smallest absolute Gasteiger partial charge is 0.209 e. The van der Waals surface area contributed by atoms with Crippen LogP contribution in [-0.4, -0.2) is 51.8 Å². The molecule has 0 fully saturated rings. The van der Waals surface area contributed by atoms with Crippen molar-refractivity contribution in [2.24, 2.45) is 10.2 Å². The number of aromatic nitrogens is 3. The Morgan fingerprint density at radius 3 is 2.21 bits per heavy atom. The van der Waals surface area contributed by atoms with Crippen LogP contribution in [0.1, 0.15) is 23.7 Å². The van der Waals surface area contributed by atoms with E-state index in [0.29, 0.717) is 28.2 Å². The summed E-state index contributed by atoms with van der Waals surface area (Å²) in [5, 5.41) is 36.4. The molecule has 0 spiro atoms. The van der Waals surface area contributed by atoms with Gasteiger partial charge in [0, 0.05) is 70.5 Å². The molecule has 0 N–H and O–H groups in total. The average molecular weight is 534 g/mol. The number of benzene rings is 1. The molecule has 0 atom stereocenters. The first kappa shape index (κ1) is 31.8. The normalized spacial score (nSPS) is 10.4. The van der Waals surface area contributed by atoms with Crippen LogP contribution >= 0.6 is 0 Å². The van der Waals surface area contributed by atoms with E-state index in [4.69, 9.17) is 0 Å². The van der Waals surface area contributed by atoms with Gasteiger partial charge in [-0.3, -0.25) is 9.78 Å². The van der Waals surface area contributed by atoms with Crippen molar-refractivity contribution in [1.82, 2.24) is 19.7 Å². The van der Waals surface area contributed by atoms with E-state index in [1.165, 1.54) is 15.8 Å². The SMILES string of the molecule is C/C(=N\N=C(/[O-])c1cccnc1)c1c(C)nn(-c2ccccc2)c1[O-].CN(C)C=O.[Mo].[O-2].[O-2]. The predicted molar refractivity (Wildman–Crippen MR) is 112 cm³/mol. The second-order valence-electron chi connectivity index (χ2n) is 6.41. The first-order valence-corrected chi connectivity index (χ1v) is 8.99. The molecule has 0 aliphatic rings. The summed E-state index contributed by atoms with van der Waals surface area (Å²) < 4.78 is 1.31. The average Bonchev–Trinajstić information content (AvgIpc) is 3.07. The van der Waals surface area contributed by atoms with E-state index in [1.807, 2.05) is 18.2 Å². The van der Waals surface area contributed by atoms with E-state index >= 15 is 0 Å². The number of hydrogen-bond donors (Lipinski definition) is 0. The molecule has 0 radical (unpaired) electrons. The Morgan fingerprint density at radius 1 is 1.09 bits per heavy atom. The van der Waals surface area contributed by atoms with Gasteiger partial charge < -0.3 is 26.1 Å². The van der Waals surface area contributed by atoms with E-state index in [9.17, 15) is 15.0 Å². The fraction of sp³-hybridized carbons (Fsp3) is 0.190. The standard InChI is InChI=1S/C18H17N5O2.C3H7NO.Mo.2O/c1-12(20-21-17(24)14-7-6-10-19-11-14)16-13(2)22-23(18(16)25)15-8-4-3-5-9-15;1-4(2)3-5;;;/h3-11,25H,1-2H3,(H,21,24);3H,1-2H3;;;/q;;;2*-2/p-2/b20-12+;;;;. The summed E-state index contributed by atoms with van der Waals surface area (Å²) in [5.41, 5.74) is 2.20. The third-order valence-electron chi connectivity index (χ3n) is 3.79. The minimum absolute atomic E-state index is 0. The molecule has 3 rings (SSSR count). The summed E-state index contributed by atoms with van der Waals surface area (Å²) in [6.07, 6.45) is 3.73. The van der Waals surface area contributed by atoms with E-state index in [0.717, 1.165) is 6.41 Å². The van der Waals surface area contributed by atoms with Crippen LogP contribution in [0.4, 0.5) is 0 Å². The van der Waals surface area contributed by atoms with Crippen molar-refractivity contribution in [3.63, 3.8) is 0 Å². The monoisotopic (exact) mass is 536 g/mol. The van der Waals surface area contributed by atoms with Crippen molar-refractivity contribution in [3.05, 3.63) is 71.7 Å². The van der Waals surface area contributed by atoms with Gasteiger partial charge in [0.2, 0.25) is 6.41 Å². The molecule has 2 heterocycles. The van der Waals surface area contributed by atoms with Crippen LogP contribution in [-0.2, 0) is 36.8 Å². The molecule has 178 valence electrons. The molecule has 0 bridgehead atoms. The molecule has 33 heavy (non-hydrogen) atoms. The third kappa shape index (κ3) is 8.93. The van der Waals surface area contributed by atoms with Gasteiger partial charge >= 0.3 is 0 Å². The summed E-state index contributed by atoms with van der Waals surface area (Å²) in [6.45, 7) is 3.35. The van der Waals surface area contributed by atoms with Crippen molar-refractivity contribution >= 4 is 18.0 Å².